The van der Waals surface area contributed by atoms with Gasteiger partial charge in [-0.1, -0.05) is 30.3 Å². The molecular weight excluding hydrogens is 266 g/mol. The third-order valence-corrected chi connectivity index (χ3v) is 3.49. The lowest BCUT2D eigenvalue weighted by Gasteiger charge is -2.27. The molecule has 0 unspecified atom stereocenters. The van der Waals surface area contributed by atoms with E-state index < -0.39 is 0 Å². The average Bonchev–Trinajstić information content (AvgIpc) is 2.45. The first-order chi connectivity index (χ1) is 9.58. The van der Waals surface area contributed by atoms with Gasteiger partial charge in [-0.3, -0.25) is 4.79 Å². The highest BCUT2D eigenvalue weighted by molar-refractivity contribution is 7.80. The molecule has 2 aromatic rings. The fraction of sp³-hybridized carbons (Fsp3) is 0.235. The number of hydrogen-bond donors (Lipinski definition) is 1. The van der Waals surface area contributed by atoms with Crippen LogP contribution in [0.25, 0.3) is 0 Å². The summed E-state index contributed by atoms with van der Waals surface area (Å²) in [7, 11) is 0. The Labute approximate surface area is 125 Å². The summed E-state index contributed by atoms with van der Waals surface area (Å²) in [4.78, 5) is 15.3. The molecule has 0 atom stereocenters. The van der Waals surface area contributed by atoms with Gasteiger partial charge in [0.2, 0.25) is 0 Å². The standard InChI is InChI=1S/C17H19NOS/c1-13(2)18(12-14-6-4-3-5-7-14)17(19)15-8-10-16(20)11-9-15/h3-11,13,20H,12H2,1-2H3. The number of thiol groups is 1. The van der Waals surface area contributed by atoms with Gasteiger partial charge in [0, 0.05) is 23.0 Å². The Kier molecular flexibility index (Phi) is 4.85. The minimum atomic E-state index is 0.0530. The minimum absolute atomic E-state index is 0.0530. The highest BCUT2D eigenvalue weighted by Gasteiger charge is 2.18. The second-order valence-electron chi connectivity index (χ2n) is 5.06. The lowest BCUT2D eigenvalue weighted by atomic mass is 10.1. The van der Waals surface area contributed by atoms with Crippen molar-refractivity contribution in [2.45, 2.75) is 31.3 Å². The van der Waals surface area contributed by atoms with E-state index in [0.29, 0.717) is 12.1 Å². The molecule has 104 valence electrons. The van der Waals surface area contributed by atoms with Gasteiger partial charge < -0.3 is 4.90 Å². The maximum absolute atomic E-state index is 12.6. The van der Waals surface area contributed by atoms with Crippen molar-refractivity contribution >= 4 is 18.5 Å². The Balaban J connectivity index is 2.20. The first-order valence-corrected chi connectivity index (χ1v) is 7.16. The lowest BCUT2D eigenvalue weighted by Crippen LogP contribution is -2.36. The van der Waals surface area contributed by atoms with E-state index in [9.17, 15) is 4.79 Å². The Morgan fingerprint density at radius 3 is 2.20 bits per heavy atom. The van der Waals surface area contributed by atoms with E-state index in [-0.39, 0.29) is 11.9 Å². The Morgan fingerprint density at radius 1 is 1.05 bits per heavy atom. The van der Waals surface area contributed by atoms with E-state index in [0.717, 1.165) is 10.5 Å². The third kappa shape index (κ3) is 3.64. The topological polar surface area (TPSA) is 20.3 Å². The quantitative estimate of drug-likeness (QED) is 0.841. The van der Waals surface area contributed by atoms with E-state index in [1.807, 2.05) is 73.3 Å². The van der Waals surface area contributed by atoms with Crippen LogP contribution in [0, 0.1) is 0 Å². The summed E-state index contributed by atoms with van der Waals surface area (Å²) in [5, 5.41) is 0. The van der Waals surface area contributed by atoms with E-state index in [1.165, 1.54) is 0 Å². The van der Waals surface area contributed by atoms with E-state index in [4.69, 9.17) is 0 Å². The molecule has 0 bridgehead atoms. The van der Waals surface area contributed by atoms with Gasteiger partial charge in [-0.15, -0.1) is 12.6 Å². The smallest absolute Gasteiger partial charge is 0.254 e. The van der Waals surface area contributed by atoms with Crippen LogP contribution in [0.15, 0.2) is 59.5 Å². The van der Waals surface area contributed by atoms with Crippen LogP contribution >= 0.6 is 12.6 Å². The predicted octanol–water partition coefficient (Wildman–Crippen LogP) is 4.03. The van der Waals surface area contributed by atoms with Crippen molar-refractivity contribution in [3.8, 4) is 0 Å². The summed E-state index contributed by atoms with van der Waals surface area (Å²) in [6.07, 6.45) is 0. The van der Waals surface area contributed by atoms with Gasteiger partial charge in [0.1, 0.15) is 0 Å². The van der Waals surface area contributed by atoms with Crippen LogP contribution in [0.2, 0.25) is 0 Å². The van der Waals surface area contributed by atoms with E-state index >= 15 is 0 Å². The summed E-state index contributed by atoms with van der Waals surface area (Å²) in [6.45, 7) is 4.70. The largest absolute Gasteiger partial charge is 0.332 e. The van der Waals surface area contributed by atoms with E-state index in [1.54, 1.807) is 0 Å². The molecule has 3 heteroatoms. The van der Waals surface area contributed by atoms with Crippen LogP contribution in [-0.4, -0.2) is 16.8 Å². The molecule has 2 rings (SSSR count). The number of nitrogens with zero attached hydrogens (tertiary/aromatic N) is 1. The zero-order chi connectivity index (χ0) is 14.5. The van der Waals surface area contributed by atoms with Crippen LogP contribution in [-0.2, 0) is 6.54 Å². The van der Waals surface area contributed by atoms with Gasteiger partial charge in [-0.2, -0.15) is 0 Å². The number of hydrogen-bond acceptors (Lipinski definition) is 2. The Hall–Kier alpha value is -1.74. The van der Waals surface area contributed by atoms with Crippen LogP contribution in [0.5, 0.6) is 0 Å². The Bertz CT molecular complexity index is 563. The van der Waals surface area contributed by atoms with Crippen molar-refractivity contribution in [2.75, 3.05) is 0 Å². The summed E-state index contributed by atoms with van der Waals surface area (Å²) < 4.78 is 0. The molecule has 0 heterocycles. The fourth-order valence-corrected chi connectivity index (χ4v) is 2.19. The summed E-state index contributed by atoms with van der Waals surface area (Å²) in [5.41, 5.74) is 1.84. The van der Waals surface area contributed by atoms with Crippen molar-refractivity contribution in [3.05, 3.63) is 65.7 Å². The summed E-state index contributed by atoms with van der Waals surface area (Å²) >= 11 is 4.25. The zero-order valence-corrected chi connectivity index (χ0v) is 12.7. The van der Waals surface area contributed by atoms with Crippen molar-refractivity contribution in [2.24, 2.45) is 0 Å². The number of carbonyl (C=O) groups excluding carboxylic acids is 1. The predicted molar refractivity (Wildman–Crippen MR) is 85.1 cm³/mol. The maximum Gasteiger partial charge on any atom is 0.254 e. The second kappa shape index (κ2) is 6.62. The summed E-state index contributed by atoms with van der Waals surface area (Å²) in [6, 6.07) is 17.5. The van der Waals surface area contributed by atoms with Crippen molar-refractivity contribution in [1.82, 2.24) is 4.90 Å². The average molecular weight is 285 g/mol. The minimum Gasteiger partial charge on any atom is -0.332 e. The zero-order valence-electron chi connectivity index (χ0n) is 11.8. The van der Waals surface area contributed by atoms with Gasteiger partial charge in [-0.05, 0) is 43.7 Å². The first-order valence-electron chi connectivity index (χ1n) is 6.72. The molecule has 0 saturated heterocycles. The number of benzene rings is 2. The highest BCUT2D eigenvalue weighted by Crippen LogP contribution is 2.15. The van der Waals surface area contributed by atoms with Crippen molar-refractivity contribution in [3.63, 3.8) is 0 Å². The molecule has 2 aromatic carbocycles. The number of rotatable bonds is 4. The third-order valence-electron chi connectivity index (χ3n) is 3.19. The van der Waals surface area contributed by atoms with Gasteiger partial charge >= 0.3 is 0 Å². The van der Waals surface area contributed by atoms with Crippen LogP contribution in [0.1, 0.15) is 29.8 Å². The molecule has 0 radical (unpaired) electrons. The van der Waals surface area contributed by atoms with Gasteiger partial charge in [0.25, 0.3) is 5.91 Å². The van der Waals surface area contributed by atoms with Gasteiger partial charge in [-0.25, -0.2) is 0 Å². The molecule has 0 saturated carbocycles. The molecule has 0 fully saturated rings. The fourth-order valence-electron chi connectivity index (χ4n) is 2.04. The molecule has 0 aromatic heterocycles. The Morgan fingerprint density at radius 2 is 1.65 bits per heavy atom. The van der Waals surface area contributed by atoms with Crippen molar-refractivity contribution < 1.29 is 4.79 Å². The number of carbonyl (C=O) groups is 1. The van der Waals surface area contributed by atoms with Gasteiger partial charge in [0.05, 0.1) is 0 Å². The molecule has 20 heavy (non-hydrogen) atoms. The molecule has 2 nitrogen and oxygen atoms in total. The number of amides is 1. The lowest BCUT2D eigenvalue weighted by molar-refractivity contribution is 0.0690. The monoisotopic (exact) mass is 285 g/mol. The SMILES string of the molecule is CC(C)N(Cc1ccccc1)C(=O)c1ccc(S)cc1. The van der Waals surface area contributed by atoms with Gasteiger partial charge in [0.15, 0.2) is 0 Å². The van der Waals surface area contributed by atoms with E-state index in [2.05, 4.69) is 12.6 Å². The molecule has 0 aliphatic carbocycles. The molecule has 1 amide bonds. The highest BCUT2D eigenvalue weighted by atomic mass is 32.1. The van der Waals surface area contributed by atoms with Crippen molar-refractivity contribution in [1.29, 1.82) is 0 Å². The molecule has 0 aliphatic rings. The van der Waals surface area contributed by atoms with Crippen LogP contribution in [0.3, 0.4) is 0 Å². The molecule has 0 N–H and O–H groups in total. The maximum atomic E-state index is 12.6. The normalized spacial score (nSPS) is 10.6. The molecular formula is C17H19NOS. The second-order valence-corrected chi connectivity index (χ2v) is 5.58. The summed E-state index contributed by atoms with van der Waals surface area (Å²) in [5.74, 6) is 0.0530. The molecule has 0 spiro atoms. The van der Waals surface area contributed by atoms with Crippen LogP contribution < -0.4 is 0 Å². The van der Waals surface area contributed by atoms with Crippen LogP contribution in [0.4, 0.5) is 0 Å². The first kappa shape index (κ1) is 14.7. The molecule has 0 aliphatic heterocycles.